The fraction of sp³-hybridized carbons (Fsp3) is 0.933. The minimum atomic E-state index is -0.521. The molecular weight excluding hydrogens is 254 g/mol. The summed E-state index contributed by atoms with van der Waals surface area (Å²) in [5.41, 5.74) is 5.22. The lowest BCUT2D eigenvalue weighted by Crippen LogP contribution is -2.63. The van der Waals surface area contributed by atoms with Crippen molar-refractivity contribution in [1.82, 2.24) is 10.2 Å². The van der Waals surface area contributed by atoms with E-state index in [1.807, 2.05) is 13.8 Å². The Labute approximate surface area is 122 Å². The van der Waals surface area contributed by atoms with E-state index in [4.69, 9.17) is 10.5 Å². The molecule has 0 aromatic heterocycles. The Morgan fingerprint density at radius 3 is 2.40 bits per heavy atom. The maximum Gasteiger partial charge on any atom is 0.239 e. The lowest BCUT2D eigenvalue weighted by Gasteiger charge is -2.40. The molecule has 0 radical (unpaired) electrons. The molecule has 2 fully saturated rings. The molecule has 2 aliphatic rings. The molecule has 1 saturated carbocycles. The van der Waals surface area contributed by atoms with Crippen LogP contribution in [0, 0.1) is 5.92 Å². The van der Waals surface area contributed by atoms with Crippen LogP contribution in [0.2, 0.25) is 0 Å². The van der Waals surface area contributed by atoms with Gasteiger partial charge >= 0.3 is 0 Å². The van der Waals surface area contributed by atoms with Gasteiger partial charge < -0.3 is 20.7 Å². The molecular formula is C15H29N3O2. The van der Waals surface area contributed by atoms with Crippen LogP contribution in [0.15, 0.2) is 0 Å². The number of nitrogens with two attached hydrogens (primary N) is 1. The predicted molar refractivity (Wildman–Crippen MR) is 79.4 cm³/mol. The Hall–Kier alpha value is -0.650. The van der Waals surface area contributed by atoms with E-state index in [0.29, 0.717) is 12.0 Å². The first-order valence-electron chi connectivity index (χ1n) is 8.01. The number of piperidine rings is 1. The lowest BCUT2D eigenvalue weighted by molar-refractivity contribution is -0.126. The maximum atomic E-state index is 12.0. The van der Waals surface area contributed by atoms with Crippen molar-refractivity contribution < 1.29 is 9.53 Å². The molecule has 1 atom stereocenters. The zero-order valence-corrected chi connectivity index (χ0v) is 12.9. The number of primary amides is 1. The number of likely N-dealkylation sites (tertiary alicyclic amines) is 1. The van der Waals surface area contributed by atoms with Gasteiger partial charge in [0.25, 0.3) is 0 Å². The first-order valence-corrected chi connectivity index (χ1v) is 8.01. The summed E-state index contributed by atoms with van der Waals surface area (Å²) < 4.78 is 5.68. The van der Waals surface area contributed by atoms with Crippen LogP contribution in [0.25, 0.3) is 0 Å². The number of rotatable bonds is 8. The van der Waals surface area contributed by atoms with Gasteiger partial charge in [-0.1, -0.05) is 6.92 Å². The summed E-state index contributed by atoms with van der Waals surface area (Å²) in [6.45, 7) is 8.41. The highest BCUT2D eigenvalue weighted by molar-refractivity contribution is 5.86. The van der Waals surface area contributed by atoms with Gasteiger partial charge in [0.15, 0.2) is 0 Å². The minimum Gasteiger partial charge on any atom is -0.378 e. The molecule has 20 heavy (non-hydrogen) atoms. The standard InChI is InChI=1S/C15H29N3O2/c1-3-17-15(14(16)19,12-5-6-12)11-18-9-7-13(8-10-18)20-4-2/h12-13,17H,3-11H2,1-2H3,(H2,16,19). The molecule has 0 aromatic rings. The Morgan fingerprint density at radius 2 is 1.95 bits per heavy atom. The number of likely N-dealkylation sites (N-methyl/N-ethyl adjacent to an activating group) is 1. The summed E-state index contributed by atoms with van der Waals surface area (Å²) in [6, 6.07) is 0. The summed E-state index contributed by atoms with van der Waals surface area (Å²) in [5.74, 6) is 0.235. The number of hydrogen-bond acceptors (Lipinski definition) is 4. The smallest absolute Gasteiger partial charge is 0.239 e. The second-order valence-corrected chi connectivity index (χ2v) is 6.07. The summed E-state index contributed by atoms with van der Waals surface area (Å²) in [7, 11) is 0. The summed E-state index contributed by atoms with van der Waals surface area (Å²) >= 11 is 0. The van der Waals surface area contributed by atoms with E-state index < -0.39 is 5.54 Å². The zero-order valence-electron chi connectivity index (χ0n) is 12.9. The molecule has 0 aromatic carbocycles. The molecule has 5 heteroatoms. The van der Waals surface area contributed by atoms with Crippen LogP contribution in [-0.2, 0) is 9.53 Å². The van der Waals surface area contributed by atoms with Crippen LogP contribution < -0.4 is 11.1 Å². The third-order valence-corrected chi connectivity index (χ3v) is 4.62. The first-order chi connectivity index (χ1) is 9.62. The minimum absolute atomic E-state index is 0.186. The monoisotopic (exact) mass is 283 g/mol. The van der Waals surface area contributed by atoms with Crippen molar-refractivity contribution in [2.24, 2.45) is 11.7 Å². The Kier molecular flexibility index (Phi) is 5.41. The van der Waals surface area contributed by atoms with E-state index in [1.54, 1.807) is 0 Å². The molecule has 1 unspecified atom stereocenters. The number of nitrogens with zero attached hydrogens (tertiary/aromatic N) is 1. The lowest BCUT2D eigenvalue weighted by atomic mass is 9.90. The van der Waals surface area contributed by atoms with Crippen molar-refractivity contribution in [2.45, 2.75) is 51.2 Å². The normalized spacial score (nSPS) is 24.5. The predicted octanol–water partition coefficient (Wildman–Crippen LogP) is 0.731. The molecule has 5 nitrogen and oxygen atoms in total. The second kappa shape index (κ2) is 6.87. The highest BCUT2D eigenvalue weighted by atomic mass is 16.5. The number of nitrogens with one attached hydrogen (secondary N) is 1. The molecule has 1 aliphatic heterocycles. The van der Waals surface area contributed by atoms with Crippen LogP contribution in [-0.4, -0.2) is 55.2 Å². The second-order valence-electron chi connectivity index (χ2n) is 6.07. The zero-order chi connectivity index (χ0) is 14.6. The number of carbonyl (C=O) groups is 1. The third kappa shape index (κ3) is 3.51. The SMILES string of the molecule is CCNC(CN1CCC(OCC)CC1)(C(N)=O)C1CC1. The van der Waals surface area contributed by atoms with Gasteiger partial charge in [0, 0.05) is 26.2 Å². The van der Waals surface area contributed by atoms with Crippen LogP contribution in [0.3, 0.4) is 0 Å². The molecule has 0 bridgehead atoms. The van der Waals surface area contributed by atoms with Gasteiger partial charge in [-0.25, -0.2) is 0 Å². The molecule has 1 heterocycles. The van der Waals surface area contributed by atoms with Crippen LogP contribution in [0.5, 0.6) is 0 Å². The molecule has 2 rings (SSSR count). The number of amides is 1. The fourth-order valence-corrected chi connectivity index (χ4v) is 3.41. The Morgan fingerprint density at radius 1 is 1.30 bits per heavy atom. The maximum absolute atomic E-state index is 12.0. The quantitative estimate of drug-likeness (QED) is 0.689. The van der Waals surface area contributed by atoms with Gasteiger partial charge in [0.2, 0.25) is 5.91 Å². The van der Waals surface area contributed by atoms with Crippen LogP contribution >= 0.6 is 0 Å². The van der Waals surface area contributed by atoms with Crippen molar-refractivity contribution >= 4 is 5.91 Å². The van der Waals surface area contributed by atoms with E-state index in [0.717, 1.165) is 58.5 Å². The molecule has 1 amide bonds. The highest BCUT2D eigenvalue weighted by Gasteiger charge is 2.50. The van der Waals surface area contributed by atoms with E-state index in [2.05, 4.69) is 10.2 Å². The molecule has 0 spiro atoms. The van der Waals surface area contributed by atoms with Gasteiger partial charge in [-0.2, -0.15) is 0 Å². The van der Waals surface area contributed by atoms with Crippen LogP contribution in [0.4, 0.5) is 0 Å². The van der Waals surface area contributed by atoms with Gasteiger partial charge in [-0.3, -0.25) is 4.79 Å². The van der Waals surface area contributed by atoms with Crippen molar-refractivity contribution in [1.29, 1.82) is 0 Å². The number of carbonyl (C=O) groups excluding carboxylic acids is 1. The van der Waals surface area contributed by atoms with Crippen molar-refractivity contribution in [3.63, 3.8) is 0 Å². The van der Waals surface area contributed by atoms with Crippen molar-refractivity contribution in [3.05, 3.63) is 0 Å². The van der Waals surface area contributed by atoms with E-state index in [-0.39, 0.29) is 5.91 Å². The number of hydrogen-bond donors (Lipinski definition) is 2. The van der Waals surface area contributed by atoms with Crippen molar-refractivity contribution in [2.75, 3.05) is 32.8 Å². The average molecular weight is 283 g/mol. The van der Waals surface area contributed by atoms with Crippen LogP contribution in [0.1, 0.15) is 39.5 Å². The van der Waals surface area contributed by atoms with Crippen molar-refractivity contribution in [3.8, 4) is 0 Å². The Bertz CT molecular complexity index is 325. The molecule has 116 valence electrons. The fourth-order valence-electron chi connectivity index (χ4n) is 3.41. The van der Waals surface area contributed by atoms with E-state index >= 15 is 0 Å². The third-order valence-electron chi connectivity index (χ3n) is 4.62. The molecule has 1 saturated heterocycles. The topological polar surface area (TPSA) is 67.6 Å². The summed E-state index contributed by atoms with van der Waals surface area (Å²) in [5, 5.41) is 3.39. The highest BCUT2D eigenvalue weighted by Crippen LogP contribution is 2.40. The van der Waals surface area contributed by atoms with Gasteiger partial charge in [-0.05, 0) is 45.1 Å². The van der Waals surface area contributed by atoms with E-state index in [9.17, 15) is 4.79 Å². The summed E-state index contributed by atoms with van der Waals surface area (Å²) in [6.07, 6.45) is 4.73. The number of ether oxygens (including phenoxy) is 1. The van der Waals surface area contributed by atoms with E-state index in [1.165, 1.54) is 0 Å². The van der Waals surface area contributed by atoms with Gasteiger partial charge in [0.1, 0.15) is 5.54 Å². The first kappa shape index (κ1) is 15.7. The van der Waals surface area contributed by atoms with Gasteiger partial charge in [0.05, 0.1) is 6.10 Å². The molecule has 3 N–H and O–H groups in total. The van der Waals surface area contributed by atoms with Gasteiger partial charge in [-0.15, -0.1) is 0 Å². The Balaban J connectivity index is 1.93. The largest absolute Gasteiger partial charge is 0.378 e. The summed E-state index contributed by atoms with van der Waals surface area (Å²) in [4.78, 5) is 14.4. The average Bonchev–Trinajstić information content (AvgIpc) is 3.25. The molecule has 1 aliphatic carbocycles.